The maximum atomic E-state index is 10.3. The lowest BCUT2D eigenvalue weighted by Crippen LogP contribution is -2.41. The Kier molecular flexibility index (Phi) is 5.62. The highest BCUT2D eigenvalue weighted by atomic mass is 32.2. The monoisotopic (exact) mass is 220 g/mol. The van der Waals surface area contributed by atoms with Crippen molar-refractivity contribution in [2.75, 3.05) is 0 Å². The molecule has 0 aliphatic heterocycles. The quantitative estimate of drug-likeness (QED) is 0.563. The summed E-state index contributed by atoms with van der Waals surface area (Å²) in [6.07, 6.45) is 6.34. The van der Waals surface area contributed by atoms with E-state index in [0.29, 0.717) is 12.5 Å². The van der Waals surface area contributed by atoms with Crippen LogP contribution >= 0.6 is 0 Å². The molecule has 0 saturated heterocycles. The van der Waals surface area contributed by atoms with Gasteiger partial charge in [0.1, 0.15) is 6.23 Å². The topological polar surface area (TPSA) is 61.4 Å². The standard InChI is InChI=1S/C9H19NO3S/c1-2-9(13-14(11)12)10-8-6-4-3-5-7-8/h8-10H,2-7H2,1H3,(H,11,12)/p-1. The normalized spacial score (nSPS) is 23.3. The van der Waals surface area contributed by atoms with Crippen molar-refractivity contribution in [3.05, 3.63) is 0 Å². The average molecular weight is 220 g/mol. The van der Waals surface area contributed by atoms with Gasteiger partial charge in [0, 0.05) is 6.04 Å². The van der Waals surface area contributed by atoms with Gasteiger partial charge in [-0.2, -0.15) is 0 Å². The number of hydrogen-bond acceptors (Lipinski definition) is 4. The van der Waals surface area contributed by atoms with E-state index in [2.05, 4.69) is 5.32 Å². The first-order chi connectivity index (χ1) is 6.72. The molecule has 1 aliphatic carbocycles. The second kappa shape index (κ2) is 6.50. The van der Waals surface area contributed by atoms with Crippen LogP contribution in [0.5, 0.6) is 0 Å². The Bertz CT molecular complexity index is 183. The summed E-state index contributed by atoms with van der Waals surface area (Å²) in [6.45, 7) is 1.91. The van der Waals surface area contributed by atoms with Gasteiger partial charge in [0.15, 0.2) is 0 Å². The molecule has 2 atom stereocenters. The van der Waals surface area contributed by atoms with Gasteiger partial charge in [0.05, 0.1) is 11.4 Å². The third kappa shape index (κ3) is 4.50. The first kappa shape index (κ1) is 12.1. The summed E-state index contributed by atoms with van der Waals surface area (Å²) in [5.41, 5.74) is 0. The van der Waals surface area contributed by atoms with Crippen molar-refractivity contribution in [1.29, 1.82) is 0 Å². The van der Waals surface area contributed by atoms with E-state index in [-0.39, 0.29) is 6.23 Å². The molecule has 4 nitrogen and oxygen atoms in total. The molecule has 84 valence electrons. The fourth-order valence-corrected chi connectivity index (χ4v) is 2.22. The smallest absolute Gasteiger partial charge is 0.124 e. The van der Waals surface area contributed by atoms with Gasteiger partial charge in [-0.3, -0.25) is 9.50 Å². The molecule has 0 heterocycles. The highest BCUT2D eigenvalue weighted by molar-refractivity contribution is 7.74. The summed E-state index contributed by atoms with van der Waals surface area (Å²) >= 11 is -2.41. The van der Waals surface area contributed by atoms with Gasteiger partial charge < -0.3 is 4.55 Å². The second-order valence-corrected chi connectivity index (χ2v) is 4.30. The molecule has 0 aromatic carbocycles. The molecule has 0 spiro atoms. The first-order valence-corrected chi connectivity index (χ1v) is 6.24. The Morgan fingerprint density at radius 3 is 2.64 bits per heavy atom. The van der Waals surface area contributed by atoms with E-state index in [1.54, 1.807) is 0 Å². The molecule has 1 rings (SSSR count). The van der Waals surface area contributed by atoms with Crippen LogP contribution in [0.4, 0.5) is 0 Å². The zero-order valence-corrected chi connectivity index (χ0v) is 9.35. The Balaban J connectivity index is 2.27. The Morgan fingerprint density at radius 2 is 2.14 bits per heavy atom. The molecule has 5 heteroatoms. The molecule has 14 heavy (non-hydrogen) atoms. The first-order valence-electron chi connectivity index (χ1n) is 5.24. The highest BCUT2D eigenvalue weighted by Gasteiger charge is 2.17. The summed E-state index contributed by atoms with van der Waals surface area (Å²) in [6, 6.07) is 0.428. The molecule has 1 fully saturated rings. The molecule has 0 bridgehead atoms. The molecule has 1 saturated carbocycles. The Hall–Kier alpha value is 0.0300. The van der Waals surface area contributed by atoms with E-state index >= 15 is 0 Å². The summed E-state index contributed by atoms with van der Waals surface area (Å²) in [4.78, 5) is 0. The van der Waals surface area contributed by atoms with Crippen LogP contribution < -0.4 is 5.32 Å². The largest absolute Gasteiger partial charge is 0.750 e. The van der Waals surface area contributed by atoms with Gasteiger partial charge in [-0.25, -0.2) is 4.21 Å². The Morgan fingerprint density at radius 1 is 1.50 bits per heavy atom. The van der Waals surface area contributed by atoms with E-state index in [4.69, 9.17) is 4.18 Å². The van der Waals surface area contributed by atoms with Crippen molar-refractivity contribution in [1.82, 2.24) is 5.32 Å². The fraction of sp³-hybridized carbons (Fsp3) is 1.00. The van der Waals surface area contributed by atoms with Gasteiger partial charge in [0.25, 0.3) is 0 Å². The molecule has 1 N–H and O–H groups in total. The molecule has 0 radical (unpaired) electrons. The van der Waals surface area contributed by atoms with E-state index in [1.807, 2.05) is 6.92 Å². The molecular weight excluding hydrogens is 202 g/mol. The maximum Gasteiger partial charge on any atom is 0.124 e. The lowest BCUT2D eigenvalue weighted by molar-refractivity contribution is 0.135. The summed E-state index contributed by atoms with van der Waals surface area (Å²) < 4.78 is 25.4. The SMILES string of the molecule is CCC(NC1CCCCC1)OS(=O)[O-]. The van der Waals surface area contributed by atoms with Crippen LogP contribution in [0.1, 0.15) is 45.4 Å². The minimum Gasteiger partial charge on any atom is -0.750 e. The fourth-order valence-electron chi connectivity index (χ4n) is 1.84. The zero-order chi connectivity index (χ0) is 10.4. The van der Waals surface area contributed by atoms with E-state index < -0.39 is 11.4 Å². The lowest BCUT2D eigenvalue weighted by Gasteiger charge is -2.28. The molecule has 0 aromatic heterocycles. The second-order valence-electron chi connectivity index (χ2n) is 3.70. The molecule has 2 unspecified atom stereocenters. The van der Waals surface area contributed by atoms with Crippen LogP contribution in [0.2, 0.25) is 0 Å². The van der Waals surface area contributed by atoms with Crippen molar-refractivity contribution in [3.8, 4) is 0 Å². The number of hydrogen-bond donors (Lipinski definition) is 1. The summed E-state index contributed by atoms with van der Waals surface area (Å²) in [7, 11) is 0. The van der Waals surface area contributed by atoms with Gasteiger partial charge in [-0.1, -0.05) is 26.2 Å². The minimum absolute atomic E-state index is 0.351. The van der Waals surface area contributed by atoms with Gasteiger partial charge >= 0.3 is 0 Å². The van der Waals surface area contributed by atoms with E-state index in [1.165, 1.54) is 19.3 Å². The van der Waals surface area contributed by atoms with Crippen LogP contribution in [0.25, 0.3) is 0 Å². The third-order valence-electron chi connectivity index (χ3n) is 2.59. The third-order valence-corrected chi connectivity index (χ3v) is 2.98. The van der Waals surface area contributed by atoms with Crippen LogP contribution in [0.3, 0.4) is 0 Å². The van der Waals surface area contributed by atoms with Crippen molar-refractivity contribution in [3.63, 3.8) is 0 Å². The van der Waals surface area contributed by atoms with Crippen LogP contribution in [0, 0.1) is 0 Å². The highest BCUT2D eigenvalue weighted by Crippen LogP contribution is 2.18. The zero-order valence-electron chi connectivity index (χ0n) is 8.53. The predicted molar refractivity (Wildman–Crippen MR) is 54.1 cm³/mol. The average Bonchev–Trinajstić information content (AvgIpc) is 2.17. The molecule has 0 amide bonds. The van der Waals surface area contributed by atoms with Crippen molar-refractivity contribution >= 4 is 11.4 Å². The van der Waals surface area contributed by atoms with Crippen molar-refractivity contribution in [2.45, 2.75) is 57.7 Å². The van der Waals surface area contributed by atoms with Crippen LogP contribution in [-0.2, 0) is 15.5 Å². The summed E-state index contributed by atoms with van der Waals surface area (Å²) in [5, 5.41) is 3.22. The number of rotatable bonds is 5. The summed E-state index contributed by atoms with van der Waals surface area (Å²) in [5.74, 6) is 0. The molecular formula is C9H18NO3S-. The molecule has 1 aliphatic rings. The van der Waals surface area contributed by atoms with Crippen LogP contribution in [0.15, 0.2) is 0 Å². The molecule has 0 aromatic rings. The maximum absolute atomic E-state index is 10.3. The van der Waals surface area contributed by atoms with Gasteiger partial charge in [-0.05, 0) is 19.3 Å². The van der Waals surface area contributed by atoms with E-state index in [9.17, 15) is 8.76 Å². The Labute approximate surface area is 87.9 Å². The van der Waals surface area contributed by atoms with Gasteiger partial charge in [-0.15, -0.1) is 0 Å². The van der Waals surface area contributed by atoms with Gasteiger partial charge in [0.2, 0.25) is 0 Å². The van der Waals surface area contributed by atoms with Crippen molar-refractivity contribution in [2.24, 2.45) is 0 Å². The number of nitrogens with one attached hydrogen (secondary N) is 1. The van der Waals surface area contributed by atoms with Crippen molar-refractivity contribution < 1.29 is 12.9 Å². The predicted octanol–water partition coefficient (Wildman–Crippen LogP) is 1.46. The lowest BCUT2D eigenvalue weighted by atomic mass is 9.95. The van der Waals surface area contributed by atoms with E-state index in [0.717, 1.165) is 12.8 Å². The minimum atomic E-state index is -2.41. The van der Waals surface area contributed by atoms with Crippen LogP contribution in [-0.4, -0.2) is 21.0 Å².